The summed E-state index contributed by atoms with van der Waals surface area (Å²) in [6.07, 6.45) is 4.18. The number of cyclic esters (lactones) is 1. The average Bonchev–Trinajstić information content (AvgIpc) is 3.45. The molecule has 4 heterocycles. The van der Waals surface area contributed by atoms with Crippen LogP contribution in [0.4, 0.5) is 0 Å². The van der Waals surface area contributed by atoms with E-state index in [0.29, 0.717) is 18.1 Å². The number of fused-ring (bicyclic) bond motifs is 1. The molecule has 1 aliphatic heterocycles. The number of esters is 1. The Morgan fingerprint density at radius 3 is 2.93 bits per heavy atom. The number of thioether (sulfide) groups is 1. The summed E-state index contributed by atoms with van der Waals surface area (Å²) in [5, 5.41) is 10.3. The maximum absolute atomic E-state index is 12.1. The first-order chi connectivity index (χ1) is 13.7. The van der Waals surface area contributed by atoms with Gasteiger partial charge in [0.05, 0.1) is 12.8 Å². The van der Waals surface area contributed by atoms with Gasteiger partial charge in [-0.3, -0.25) is 9.36 Å². The monoisotopic (exact) mass is 394 g/mol. The Kier molecular flexibility index (Phi) is 4.20. The van der Waals surface area contributed by atoms with Crippen molar-refractivity contribution in [1.29, 1.82) is 0 Å². The van der Waals surface area contributed by atoms with Crippen LogP contribution in [0.15, 0.2) is 58.4 Å². The first-order valence-corrected chi connectivity index (χ1v) is 9.96. The van der Waals surface area contributed by atoms with Crippen LogP contribution in [0.1, 0.15) is 19.1 Å². The highest BCUT2D eigenvalue weighted by molar-refractivity contribution is 8.00. The van der Waals surface area contributed by atoms with E-state index in [1.807, 2.05) is 48.0 Å². The Labute approximate surface area is 165 Å². The minimum atomic E-state index is -0.273. The van der Waals surface area contributed by atoms with Crippen molar-refractivity contribution in [1.82, 2.24) is 19.7 Å². The van der Waals surface area contributed by atoms with E-state index in [4.69, 9.17) is 9.15 Å². The summed E-state index contributed by atoms with van der Waals surface area (Å²) in [4.78, 5) is 15.4. The highest BCUT2D eigenvalue weighted by Gasteiger charge is 2.34. The van der Waals surface area contributed by atoms with Gasteiger partial charge < -0.3 is 14.1 Å². The van der Waals surface area contributed by atoms with Crippen LogP contribution in [-0.2, 0) is 16.1 Å². The van der Waals surface area contributed by atoms with Crippen LogP contribution in [0.5, 0.6) is 0 Å². The van der Waals surface area contributed by atoms with E-state index in [9.17, 15) is 4.79 Å². The van der Waals surface area contributed by atoms with Crippen molar-refractivity contribution in [2.75, 3.05) is 0 Å². The number of aromatic nitrogens is 4. The first kappa shape index (κ1) is 17.1. The number of nitrogens with one attached hydrogen (secondary N) is 1. The second kappa shape index (κ2) is 6.87. The molecule has 5 rings (SSSR count). The van der Waals surface area contributed by atoms with Gasteiger partial charge in [-0.05, 0) is 25.1 Å². The number of nitrogens with zero attached hydrogens (tertiary/aromatic N) is 3. The molecule has 0 aliphatic carbocycles. The normalized spacial score (nSPS) is 19.4. The number of rotatable bonds is 5. The standard InChI is InChI=1S/C20H18N4O3S/c1-12-9-17(19(25)27-12)28-20-23-22-18(24(20)11-13-5-4-8-26-13)15-10-21-16-7-3-2-6-14(15)16/h2-8,10,12,17,21H,9,11H2,1H3/t12-,17+/m1/s1. The zero-order valence-electron chi connectivity index (χ0n) is 15.2. The van der Waals surface area contributed by atoms with Crippen molar-refractivity contribution < 1.29 is 13.9 Å². The number of ether oxygens (including phenoxy) is 1. The van der Waals surface area contributed by atoms with Gasteiger partial charge in [-0.25, -0.2) is 0 Å². The van der Waals surface area contributed by atoms with E-state index >= 15 is 0 Å². The van der Waals surface area contributed by atoms with E-state index in [-0.39, 0.29) is 17.3 Å². The van der Waals surface area contributed by atoms with E-state index in [1.165, 1.54) is 11.8 Å². The third-order valence-corrected chi connectivity index (χ3v) is 6.00. The third kappa shape index (κ3) is 2.99. The molecule has 0 saturated carbocycles. The van der Waals surface area contributed by atoms with Gasteiger partial charge in [-0.15, -0.1) is 10.2 Å². The molecule has 1 saturated heterocycles. The largest absolute Gasteiger partial charge is 0.467 e. The van der Waals surface area contributed by atoms with Crippen LogP contribution in [0.3, 0.4) is 0 Å². The maximum atomic E-state index is 12.1. The van der Waals surface area contributed by atoms with Crippen LogP contribution in [0.2, 0.25) is 0 Å². The number of carbonyl (C=O) groups excluding carboxylic acids is 1. The molecule has 4 aromatic rings. The second-order valence-corrected chi connectivity index (χ2v) is 7.98. The van der Waals surface area contributed by atoms with Crippen molar-refractivity contribution in [2.24, 2.45) is 0 Å². The van der Waals surface area contributed by atoms with Gasteiger partial charge >= 0.3 is 5.97 Å². The number of para-hydroxylation sites is 1. The smallest absolute Gasteiger partial charge is 0.319 e. The van der Waals surface area contributed by atoms with Gasteiger partial charge in [0.1, 0.15) is 17.1 Å². The molecule has 0 radical (unpaired) electrons. The minimum Gasteiger partial charge on any atom is -0.467 e. The van der Waals surface area contributed by atoms with Crippen molar-refractivity contribution in [2.45, 2.75) is 36.4 Å². The maximum Gasteiger partial charge on any atom is 0.319 e. The van der Waals surface area contributed by atoms with E-state index in [1.54, 1.807) is 6.26 Å². The number of benzene rings is 1. The van der Waals surface area contributed by atoms with Crippen LogP contribution < -0.4 is 0 Å². The molecule has 3 aromatic heterocycles. The Balaban J connectivity index is 1.57. The lowest BCUT2D eigenvalue weighted by molar-refractivity contribution is -0.140. The highest BCUT2D eigenvalue weighted by atomic mass is 32.2. The molecule has 1 aromatic carbocycles. The summed E-state index contributed by atoms with van der Waals surface area (Å²) >= 11 is 1.40. The fraction of sp³-hybridized carbons (Fsp3) is 0.250. The molecular weight excluding hydrogens is 376 g/mol. The Bertz CT molecular complexity index is 1130. The minimum absolute atomic E-state index is 0.0699. The van der Waals surface area contributed by atoms with Crippen molar-refractivity contribution >= 4 is 28.6 Å². The van der Waals surface area contributed by atoms with Crippen molar-refractivity contribution in [3.63, 3.8) is 0 Å². The number of aromatic amines is 1. The van der Waals surface area contributed by atoms with Gasteiger partial charge in [0.25, 0.3) is 0 Å². The van der Waals surface area contributed by atoms with Gasteiger partial charge in [0.2, 0.25) is 0 Å². The molecule has 0 bridgehead atoms. The van der Waals surface area contributed by atoms with Crippen LogP contribution >= 0.6 is 11.8 Å². The molecule has 7 nitrogen and oxygen atoms in total. The fourth-order valence-electron chi connectivity index (χ4n) is 3.48. The lowest BCUT2D eigenvalue weighted by Gasteiger charge is -2.10. The first-order valence-electron chi connectivity index (χ1n) is 9.08. The average molecular weight is 394 g/mol. The van der Waals surface area contributed by atoms with Crippen molar-refractivity contribution in [3.05, 3.63) is 54.6 Å². The van der Waals surface area contributed by atoms with Crippen LogP contribution in [0.25, 0.3) is 22.3 Å². The Hall–Kier alpha value is -3.00. The van der Waals surface area contributed by atoms with Gasteiger partial charge in [-0.1, -0.05) is 30.0 Å². The molecule has 28 heavy (non-hydrogen) atoms. The third-order valence-electron chi connectivity index (χ3n) is 4.81. The molecule has 1 fully saturated rings. The summed E-state index contributed by atoms with van der Waals surface area (Å²) < 4.78 is 12.8. The fourth-order valence-corrected chi connectivity index (χ4v) is 4.62. The molecule has 8 heteroatoms. The molecule has 0 amide bonds. The predicted octanol–water partition coefficient (Wildman–Crippen LogP) is 3.86. The molecule has 2 atom stereocenters. The van der Waals surface area contributed by atoms with Gasteiger partial charge in [0.15, 0.2) is 11.0 Å². The molecule has 1 aliphatic rings. The predicted molar refractivity (Wildman–Crippen MR) is 105 cm³/mol. The number of hydrogen-bond acceptors (Lipinski definition) is 6. The second-order valence-electron chi connectivity index (χ2n) is 6.81. The zero-order valence-corrected chi connectivity index (χ0v) is 16.0. The lowest BCUT2D eigenvalue weighted by atomic mass is 10.1. The zero-order chi connectivity index (χ0) is 19.1. The quantitative estimate of drug-likeness (QED) is 0.517. The van der Waals surface area contributed by atoms with E-state index in [2.05, 4.69) is 21.2 Å². The van der Waals surface area contributed by atoms with E-state index in [0.717, 1.165) is 28.1 Å². The summed E-state index contributed by atoms with van der Waals surface area (Å²) in [7, 11) is 0. The number of hydrogen-bond donors (Lipinski definition) is 1. The highest BCUT2D eigenvalue weighted by Crippen LogP contribution is 2.35. The number of carbonyl (C=O) groups is 1. The van der Waals surface area contributed by atoms with E-state index < -0.39 is 0 Å². The summed E-state index contributed by atoms with van der Waals surface area (Å²) in [5.41, 5.74) is 2.00. The summed E-state index contributed by atoms with van der Waals surface area (Å²) in [5.74, 6) is 1.33. The van der Waals surface area contributed by atoms with Crippen molar-refractivity contribution in [3.8, 4) is 11.4 Å². The van der Waals surface area contributed by atoms with Gasteiger partial charge in [0, 0.05) is 29.1 Å². The van der Waals surface area contributed by atoms with Crippen LogP contribution in [-0.4, -0.2) is 37.1 Å². The molecule has 1 N–H and O–H groups in total. The molecule has 0 spiro atoms. The lowest BCUT2D eigenvalue weighted by Crippen LogP contribution is -2.12. The summed E-state index contributed by atoms with van der Waals surface area (Å²) in [6, 6.07) is 11.8. The number of furan rings is 1. The van der Waals surface area contributed by atoms with Crippen LogP contribution in [0, 0.1) is 0 Å². The Morgan fingerprint density at radius 1 is 1.25 bits per heavy atom. The summed E-state index contributed by atoms with van der Waals surface area (Å²) in [6.45, 7) is 2.39. The number of H-pyrrole nitrogens is 1. The van der Waals surface area contributed by atoms with Gasteiger partial charge in [-0.2, -0.15) is 0 Å². The topological polar surface area (TPSA) is 85.9 Å². The molecule has 0 unspecified atom stereocenters. The SMILES string of the molecule is C[C@@H]1C[C@H](Sc2nnc(-c3c[nH]c4ccccc34)n2Cc2ccco2)C(=O)O1. The Morgan fingerprint density at radius 2 is 2.14 bits per heavy atom. The molecular formula is C20H18N4O3S. The molecule has 142 valence electrons.